The monoisotopic (exact) mass is 250 g/mol. The summed E-state index contributed by atoms with van der Waals surface area (Å²) >= 11 is 1.63. The van der Waals surface area contributed by atoms with Crippen LogP contribution in [0.2, 0.25) is 0 Å². The summed E-state index contributed by atoms with van der Waals surface area (Å²) in [6, 6.07) is 5.15. The van der Waals surface area contributed by atoms with Crippen LogP contribution in [0.15, 0.2) is 23.6 Å². The molecule has 17 heavy (non-hydrogen) atoms. The number of rotatable bonds is 3. The first-order valence-corrected chi connectivity index (χ1v) is 6.39. The molecule has 1 N–H and O–H groups in total. The lowest BCUT2D eigenvalue weighted by Crippen LogP contribution is -2.08. The number of nitrogens with one attached hydrogen (secondary N) is 1. The van der Waals surface area contributed by atoms with Gasteiger partial charge in [-0.15, -0.1) is 11.3 Å². The Morgan fingerprint density at radius 2 is 2.12 bits per heavy atom. The number of nitrogens with zero attached hydrogens (tertiary/aromatic N) is 1. The lowest BCUT2D eigenvalue weighted by molar-refractivity contribution is 0.618. The van der Waals surface area contributed by atoms with E-state index in [1.165, 1.54) is 6.07 Å². The van der Waals surface area contributed by atoms with Gasteiger partial charge >= 0.3 is 0 Å². The first-order chi connectivity index (χ1) is 8.08. The number of hydrogen-bond acceptors (Lipinski definition) is 3. The van der Waals surface area contributed by atoms with Crippen molar-refractivity contribution in [2.75, 3.05) is 5.32 Å². The molecule has 1 atom stereocenters. The van der Waals surface area contributed by atoms with Crippen molar-refractivity contribution in [3.05, 3.63) is 45.7 Å². The first-order valence-electron chi connectivity index (χ1n) is 5.51. The van der Waals surface area contributed by atoms with Gasteiger partial charge in [0.25, 0.3) is 0 Å². The molecule has 0 radical (unpaired) electrons. The number of halogens is 1. The maximum absolute atomic E-state index is 13.4. The van der Waals surface area contributed by atoms with Gasteiger partial charge in [0.2, 0.25) is 0 Å². The minimum Gasteiger partial charge on any atom is -0.377 e. The number of aryl methyl sites for hydroxylation is 1. The molecule has 0 saturated carbocycles. The molecule has 0 saturated heterocycles. The zero-order chi connectivity index (χ0) is 12.4. The summed E-state index contributed by atoms with van der Waals surface area (Å²) in [6.07, 6.45) is 0. The van der Waals surface area contributed by atoms with E-state index in [4.69, 9.17) is 0 Å². The van der Waals surface area contributed by atoms with Gasteiger partial charge in [0.15, 0.2) is 0 Å². The third-order valence-electron chi connectivity index (χ3n) is 2.72. The van der Waals surface area contributed by atoms with E-state index in [1.807, 2.05) is 25.3 Å². The summed E-state index contributed by atoms with van der Waals surface area (Å²) in [5, 5.41) is 6.36. The molecule has 0 amide bonds. The van der Waals surface area contributed by atoms with Crippen LogP contribution in [-0.2, 0) is 0 Å². The largest absolute Gasteiger partial charge is 0.377 e. The van der Waals surface area contributed by atoms with E-state index in [9.17, 15) is 4.39 Å². The molecular formula is C13H15FN2S. The van der Waals surface area contributed by atoms with Crippen molar-refractivity contribution in [3.63, 3.8) is 0 Å². The fourth-order valence-electron chi connectivity index (χ4n) is 1.65. The predicted octanol–water partition coefficient (Wildman–Crippen LogP) is 4.07. The van der Waals surface area contributed by atoms with Crippen LogP contribution >= 0.6 is 11.3 Å². The van der Waals surface area contributed by atoms with E-state index in [-0.39, 0.29) is 11.9 Å². The number of hydrogen-bond donors (Lipinski definition) is 1. The van der Waals surface area contributed by atoms with Crippen molar-refractivity contribution in [2.24, 2.45) is 0 Å². The molecule has 1 aromatic heterocycles. The Kier molecular flexibility index (Phi) is 3.43. The normalized spacial score (nSPS) is 12.5. The lowest BCUT2D eigenvalue weighted by Gasteiger charge is -2.15. The fraction of sp³-hybridized carbons (Fsp3) is 0.308. The predicted molar refractivity (Wildman–Crippen MR) is 70.0 cm³/mol. The number of thiazole rings is 1. The van der Waals surface area contributed by atoms with Crippen LogP contribution in [0, 0.1) is 19.7 Å². The van der Waals surface area contributed by atoms with Crippen molar-refractivity contribution in [3.8, 4) is 0 Å². The minimum absolute atomic E-state index is 0.0837. The fourth-order valence-corrected chi connectivity index (χ4v) is 2.36. The second kappa shape index (κ2) is 4.84. The van der Waals surface area contributed by atoms with Crippen LogP contribution in [0.1, 0.15) is 29.2 Å². The molecule has 0 aliphatic carbocycles. The van der Waals surface area contributed by atoms with E-state index in [1.54, 1.807) is 24.3 Å². The van der Waals surface area contributed by atoms with Crippen molar-refractivity contribution < 1.29 is 4.39 Å². The van der Waals surface area contributed by atoms with Crippen LogP contribution in [0.4, 0.5) is 10.1 Å². The summed E-state index contributed by atoms with van der Waals surface area (Å²) in [7, 11) is 0. The van der Waals surface area contributed by atoms with E-state index in [0.717, 1.165) is 16.4 Å². The van der Waals surface area contributed by atoms with Gasteiger partial charge in [0.1, 0.15) is 5.82 Å². The Balaban J connectivity index is 2.18. The van der Waals surface area contributed by atoms with Gasteiger partial charge in [-0.05, 0) is 32.9 Å². The lowest BCUT2D eigenvalue weighted by atomic mass is 10.1. The van der Waals surface area contributed by atoms with E-state index in [2.05, 4.69) is 10.3 Å². The number of aromatic nitrogens is 1. The van der Waals surface area contributed by atoms with Crippen LogP contribution in [0.3, 0.4) is 0 Å². The maximum Gasteiger partial charge on any atom is 0.128 e. The van der Waals surface area contributed by atoms with Crippen LogP contribution in [0.5, 0.6) is 0 Å². The molecule has 0 bridgehead atoms. The standard InChI is InChI=1S/C13H15FN2S/c1-8-11(14)5-4-6-12(8)15-9(2)13-7-17-10(3)16-13/h4-7,9,15H,1-3H3. The summed E-state index contributed by atoms with van der Waals surface area (Å²) in [4.78, 5) is 4.42. The van der Waals surface area contributed by atoms with E-state index < -0.39 is 0 Å². The maximum atomic E-state index is 13.4. The van der Waals surface area contributed by atoms with Gasteiger partial charge in [0, 0.05) is 16.6 Å². The van der Waals surface area contributed by atoms with Crippen LogP contribution in [0.25, 0.3) is 0 Å². The molecule has 0 fully saturated rings. The second-order valence-corrected chi connectivity index (χ2v) is 5.13. The summed E-state index contributed by atoms with van der Waals surface area (Å²) in [5.74, 6) is -0.184. The highest BCUT2D eigenvalue weighted by molar-refractivity contribution is 7.09. The van der Waals surface area contributed by atoms with Gasteiger partial charge in [-0.2, -0.15) is 0 Å². The Hall–Kier alpha value is -1.42. The smallest absolute Gasteiger partial charge is 0.128 e. The Bertz CT molecular complexity index is 522. The van der Waals surface area contributed by atoms with Crippen molar-refractivity contribution >= 4 is 17.0 Å². The summed E-state index contributed by atoms with van der Waals surface area (Å²) in [6.45, 7) is 5.78. The molecule has 0 spiro atoms. The molecule has 4 heteroatoms. The molecule has 90 valence electrons. The molecule has 0 aliphatic rings. The molecule has 1 heterocycles. The SMILES string of the molecule is Cc1nc(C(C)Nc2cccc(F)c2C)cs1. The molecule has 2 rings (SSSR count). The third kappa shape index (κ3) is 2.64. The minimum atomic E-state index is -0.184. The molecular weight excluding hydrogens is 235 g/mol. The Morgan fingerprint density at radius 1 is 1.35 bits per heavy atom. The van der Waals surface area contributed by atoms with Gasteiger partial charge < -0.3 is 5.32 Å². The highest BCUT2D eigenvalue weighted by Gasteiger charge is 2.11. The quantitative estimate of drug-likeness (QED) is 0.888. The van der Waals surface area contributed by atoms with Gasteiger partial charge in [0.05, 0.1) is 16.7 Å². The highest BCUT2D eigenvalue weighted by atomic mass is 32.1. The highest BCUT2D eigenvalue weighted by Crippen LogP contribution is 2.24. The van der Waals surface area contributed by atoms with Gasteiger partial charge in [-0.3, -0.25) is 0 Å². The van der Waals surface area contributed by atoms with E-state index in [0.29, 0.717) is 5.56 Å². The van der Waals surface area contributed by atoms with Crippen molar-refractivity contribution in [1.82, 2.24) is 4.98 Å². The molecule has 1 aromatic carbocycles. The molecule has 2 nitrogen and oxygen atoms in total. The first kappa shape index (κ1) is 12.0. The van der Waals surface area contributed by atoms with Crippen molar-refractivity contribution in [1.29, 1.82) is 0 Å². The number of benzene rings is 1. The number of anilines is 1. The Labute approximate surface area is 105 Å². The van der Waals surface area contributed by atoms with E-state index >= 15 is 0 Å². The molecule has 1 unspecified atom stereocenters. The van der Waals surface area contributed by atoms with Gasteiger partial charge in [-0.25, -0.2) is 9.37 Å². The molecule has 0 aliphatic heterocycles. The molecule has 2 aromatic rings. The van der Waals surface area contributed by atoms with Gasteiger partial charge in [-0.1, -0.05) is 6.07 Å². The van der Waals surface area contributed by atoms with Crippen LogP contribution in [-0.4, -0.2) is 4.98 Å². The van der Waals surface area contributed by atoms with Crippen LogP contribution < -0.4 is 5.32 Å². The topological polar surface area (TPSA) is 24.9 Å². The zero-order valence-corrected chi connectivity index (χ0v) is 10.9. The second-order valence-electron chi connectivity index (χ2n) is 4.07. The summed E-state index contributed by atoms with van der Waals surface area (Å²) in [5.41, 5.74) is 2.46. The third-order valence-corrected chi connectivity index (χ3v) is 3.51. The average molecular weight is 250 g/mol. The summed E-state index contributed by atoms with van der Waals surface area (Å²) < 4.78 is 13.4. The average Bonchev–Trinajstić information content (AvgIpc) is 2.72. The zero-order valence-electron chi connectivity index (χ0n) is 10.1. The van der Waals surface area contributed by atoms with Crippen molar-refractivity contribution in [2.45, 2.75) is 26.8 Å². The Morgan fingerprint density at radius 3 is 2.76 bits per heavy atom.